The molecule has 0 N–H and O–H groups in total. The van der Waals surface area contributed by atoms with Gasteiger partial charge < -0.3 is 0 Å². The number of halogens is 2. The highest BCUT2D eigenvalue weighted by atomic mass is 79.9. The smallest absolute Gasteiger partial charge is 0.130 e. The van der Waals surface area contributed by atoms with Crippen molar-refractivity contribution in [3.8, 4) is 0 Å². The second-order valence-electron chi connectivity index (χ2n) is 3.48. The minimum absolute atomic E-state index is 0.372. The molecule has 1 heterocycles. The molecule has 0 saturated carbocycles. The molecular formula is C13H10BrFN. The summed E-state index contributed by atoms with van der Waals surface area (Å²) in [5.74, 6) is 0. The van der Waals surface area contributed by atoms with Gasteiger partial charge in [0.1, 0.15) is 12.4 Å². The molecule has 0 fully saturated rings. The van der Waals surface area contributed by atoms with E-state index in [1.807, 2.05) is 30.3 Å². The van der Waals surface area contributed by atoms with Gasteiger partial charge >= 0.3 is 0 Å². The third kappa shape index (κ3) is 2.67. The summed E-state index contributed by atoms with van der Waals surface area (Å²) in [7, 11) is 0. The zero-order valence-electron chi connectivity index (χ0n) is 8.53. The van der Waals surface area contributed by atoms with Gasteiger partial charge in [-0.3, -0.25) is 4.98 Å². The van der Waals surface area contributed by atoms with Crippen molar-refractivity contribution in [2.45, 2.75) is 12.6 Å². The Morgan fingerprint density at radius 1 is 1.25 bits per heavy atom. The Labute approximate surface area is 102 Å². The maximum atomic E-state index is 14.0. The van der Waals surface area contributed by atoms with E-state index in [0.717, 1.165) is 5.56 Å². The minimum atomic E-state index is -1.03. The molecule has 0 aliphatic rings. The van der Waals surface area contributed by atoms with E-state index in [4.69, 9.17) is 0 Å². The molecule has 2 rings (SSSR count). The summed E-state index contributed by atoms with van der Waals surface area (Å²) < 4.78 is 14.6. The number of pyridine rings is 1. The van der Waals surface area contributed by atoms with Gasteiger partial charge in [-0.15, -0.1) is 0 Å². The first-order valence-corrected chi connectivity index (χ1v) is 5.77. The number of nitrogens with zero attached hydrogens (tertiary/aromatic N) is 1. The van der Waals surface area contributed by atoms with Gasteiger partial charge in [0.25, 0.3) is 0 Å². The summed E-state index contributed by atoms with van der Waals surface area (Å²) in [6, 6.07) is 11.3. The molecule has 0 aliphatic carbocycles. The van der Waals surface area contributed by atoms with Crippen molar-refractivity contribution in [1.82, 2.24) is 4.98 Å². The van der Waals surface area contributed by atoms with E-state index in [-0.39, 0.29) is 0 Å². The fraction of sp³-hybridized carbons (Fsp3) is 0.154. The fourth-order valence-electron chi connectivity index (χ4n) is 1.52. The molecule has 1 nitrogen and oxygen atoms in total. The average Bonchev–Trinajstić information content (AvgIpc) is 2.31. The molecule has 16 heavy (non-hydrogen) atoms. The lowest BCUT2D eigenvalue weighted by Gasteiger charge is -2.09. The third-order valence-electron chi connectivity index (χ3n) is 2.34. The van der Waals surface area contributed by atoms with Crippen molar-refractivity contribution in [2.24, 2.45) is 0 Å². The molecule has 0 saturated heterocycles. The van der Waals surface area contributed by atoms with E-state index in [9.17, 15) is 4.39 Å². The van der Waals surface area contributed by atoms with Gasteiger partial charge in [-0.25, -0.2) is 4.39 Å². The molecule has 0 amide bonds. The minimum Gasteiger partial charge on any atom is -0.253 e. The fourth-order valence-corrected chi connectivity index (χ4v) is 2.01. The standard InChI is InChI=1S/C13H10BrFN/c14-12-9-16-7-6-11(12)13(15)8-10-4-2-1-3-5-10/h1-7,13H,8H2. The average molecular weight is 279 g/mol. The van der Waals surface area contributed by atoms with Crippen LogP contribution in [0.15, 0.2) is 47.1 Å². The highest BCUT2D eigenvalue weighted by molar-refractivity contribution is 9.10. The van der Waals surface area contributed by atoms with Crippen LogP contribution in [-0.2, 0) is 6.42 Å². The Bertz CT molecular complexity index is 458. The van der Waals surface area contributed by atoms with Crippen LogP contribution in [0.4, 0.5) is 4.39 Å². The predicted octanol–water partition coefficient (Wildman–Crippen LogP) is 3.90. The van der Waals surface area contributed by atoms with Gasteiger partial charge in [0.05, 0.1) is 4.47 Å². The molecular weight excluding hydrogens is 269 g/mol. The van der Waals surface area contributed by atoms with Gasteiger partial charge in [-0.2, -0.15) is 0 Å². The molecule has 1 aromatic heterocycles. The zero-order chi connectivity index (χ0) is 11.4. The Kier molecular flexibility index (Phi) is 3.67. The van der Waals surface area contributed by atoms with Crippen LogP contribution >= 0.6 is 15.9 Å². The lowest BCUT2D eigenvalue weighted by molar-refractivity contribution is 0.341. The number of alkyl halides is 1. The first kappa shape index (κ1) is 11.3. The summed E-state index contributed by atoms with van der Waals surface area (Å²) in [5.41, 5.74) is 1.58. The zero-order valence-corrected chi connectivity index (χ0v) is 10.1. The predicted molar refractivity (Wildman–Crippen MR) is 64.8 cm³/mol. The van der Waals surface area contributed by atoms with Crippen molar-refractivity contribution < 1.29 is 4.39 Å². The van der Waals surface area contributed by atoms with Crippen molar-refractivity contribution in [3.05, 3.63) is 64.4 Å². The Hall–Kier alpha value is -1.22. The normalized spacial score (nSPS) is 12.4. The quantitative estimate of drug-likeness (QED) is 0.830. The number of benzene rings is 1. The number of hydrogen-bond acceptors (Lipinski definition) is 1. The van der Waals surface area contributed by atoms with Crippen LogP contribution in [-0.4, -0.2) is 4.98 Å². The van der Waals surface area contributed by atoms with E-state index in [0.29, 0.717) is 16.5 Å². The first-order valence-electron chi connectivity index (χ1n) is 4.97. The van der Waals surface area contributed by atoms with Crippen molar-refractivity contribution in [3.63, 3.8) is 0 Å². The maximum absolute atomic E-state index is 14.0. The van der Waals surface area contributed by atoms with Crippen molar-refractivity contribution in [2.75, 3.05) is 0 Å². The summed E-state index contributed by atoms with van der Waals surface area (Å²) >= 11 is 3.25. The van der Waals surface area contributed by atoms with E-state index >= 15 is 0 Å². The first-order chi connectivity index (χ1) is 7.77. The molecule has 81 valence electrons. The van der Waals surface area contributed by atoms with E-state index in [1.165, 1.54) is 0 Å². The van der Waals surface area contributed by atoms with Crippen LogP contribution in [0, 0.1) is 6.20 Å². The van der Waals surface area contributed by atoms with Crippen LogP contribution < -0.4 is 0 Å². The van der Waals surface area contributed by atoms with Crippen LogP contribution in [0.25, 0.3) is 0 Å². The van der Waals surface area contributed by atoms with Crippen LogP contribution in [0.5, 0.6) is 0 Å². The van der Waals surface area contributed by atoms with Crippen molar-refractivity contribution >= 4 is 15.9 Å². The van der Waals surface area contributed by atoms with Crippen molar-refractivity contribution in [1.29, 1.82) is 0 Å². The summed E-state index contributed by atoms with van der Waals surface area (Å²) in [5, 5.41) is 0. The van der Waals surface area contributed by atoms with Gasteiger partial charge in [0.2, 0.25) is 0 Å². The molecule has 2 aromatic rings. The van der Waals surface area contributed by atoms with E-state index in [2.05, 4.69) is 27.1 Å². The summed E-state index contributed by atoms with van der Waals surface area (Å²) in [4.78, 5) is 3.80. The van der Waals surface area contributed by atoms with Crippen LogP contribution in [0.3, 0.4) is 0 Å². The third-order valence-corrected chi connectivity index (χ3v) is 2.98. The van der Waals surface area contributed by atoms with Gasteiger partial charge in [-0.1, -0.05) is 30.3 Å². The summed E-state index contributed by atoms with van der Waals surface area (Å²) in [6.07, 6.45) is 3.59. The van der Waals surface area contributed by atoms with E-state index < -0.39 is 6.17 Å². The van der Waals surface area contributed by atoms with Crippen LogP contribution in [0.1, 0.15) is 17.3 Å². The molecule has 1 atom stereocenters. The number of hydrogen-bond donors (Lipinski definition) is 0. The highest BCUT2D eigenvalue weighted by Gasteiger charge is 2.13. The maximum Gasteiger partial charge on any atom is 0.130 e. The number of rotatable bonds is 3. The summed E-state index contributed by atoms with van der Waals surface area (Å²) in [6.45, 7) is 0. The molecule has 1 radical (unpaired) electrons. The number of aromatic nitrogens is 1. The Morgan fingerprint density at radius 2 is 2.00 bits per heavy atom. The lowest BCUT2D eigenvalue weighted by Crippen LogP contribution is -1.98. The van der Waals surface area contributed by atoms with E-state index in [1.54, 1.807) is 12.3 Å². The topological polar surface area (TPSA) is 12.9 Å². The van der Waals surface area contributed by atoms with Crippen LogP contribution in [0.2, 0.25) is 0 Å². The highest BCUT2D eigenvalue weighted by Crippen LogP contribution is 2.27. The van der Waals surface area contributed by atoms with Gasteiger partial charge in [0.15, 0.2) is 0 Å². The molecule has 3 heteroatoms. The monoisotopic (exact) mass is 278 g/mol. The Balaban J connectivity index is 2.15. The second kappa shape index (κ2) is 5.21. The van der Waals surface area contributed by atoms with Gasteiger partial charge in [-0.05, 0) is 27.6 Å². The molecule has 0 aliphatic heterocycles. The lowest BCUT2D eigenvalue weighted by atomic mass is 10.0. The molecule has 1 aromatic carbocycles. The molecule has 0 spiro atoms. The largest absolute Gasteiger partial charge is 0.253 e. The molecule has 1 unspecified atom stereocenters. The second-order valence-corrected chi connectivity index (χ2v) is 4.28. The molecule has 0 bridgehead atoms. The van der Waals surface area contributed by atoms with Gasteiger partial charge in [0, 0.05) is 18.2 Å². The Morgan fingerprint density at radius 3 is 2.69 bits per heavy atom. The SMILES string of the molecule is FC(Cc1ccccc1)c1ccn[c]c1Br.